The standard InChI is InChI=1S/C12H8O6S/c13-11-8-3-1-2-6-4-7(19(15,16)17)5-9(10(6)8)12(14)18-11/h1-5,11,13H,(H,15,16,17). The summed E-state index contributed by atoms with van der Waals surface area (Å²) in [5.41, 5.74) is 0.389. The Labute approximate surface area is 108 Å². The second-order valence-electron chi connectivity index (χ2n) is 4.15. The summed E-state index contributed by atoms with van der Waals surface area (Å²) >= 11 is 0. The number of carbonyl (C=O) groups is 1. The molecule has 1 aliphatic rings. The number of benzene rings is 2. The van der Waals surface area contributed by atoms with Crippen molar-refractivity contribution in [3.63, 3.8) is 0 Å². The number of esters is 1. The first-order valence-electron chi connectivity index (χ1n) is 5.31. The van der Waals surface area contributed by atoms with Crippen LogP contribution in [0.15, 0.2) is 35.2 Å². The van der Waals surface area contributed by atoms with Crippen molar-refractivity contribution in [3.8, 4) is 0 Å². The minimum Gasteiger partial charge on any atom is -0.428 e. The predicted octanol–water partition coefficient (Wildman–Crippen LogP) is 1.25. The van der Waals surface area contributed by atoms with Crippen molar-refractivity contribution in [2.45, 2.75) is 11.2 Å². The summed E-state index contributed by atoms with van der Waals surface area (Å²) < 4.78 is 36.1. The van der Waals surface area contributed by atoms with E-state index in [9.17, 15) is 18.3 Å². The smallest absolute Gasteiger partial charge is 0.341 e. The first kappa shape index (κ1) is 12.1. The summed E-state index contributed by atoms with van der Waals surface area (Å²) in [6.07, 6.45) is -1.37. The van der Waals surface area contributed by atoms with Gasteiger partial charge in [0, 0.05) is 10.9 Å². The Morgan fingerprint density at radius 1 is 1.21 bits per heavy atom. The normalized spacial score (nSPS) is 18.4. The minimum absolute atomic E-state index is 0.00558. The van der Waals surface area contributed by atoms with E-state index in [0.717, 1.165) is 6.07 Å². The van der Waals surface area contributed by atoms with Gasteiger partial charge >= 0.3 is 5.97 Å². The lowest BCUT2D eigenvalue weighted by Gasteiger charge is -2.22. The first-order valence-corrected chi connectivity index (χ1v) is 6.75. The topological polar surface area (TPSA) is 101 Å². The number of aliphatic hydroxyl groups excluding tert-OH is 1. The molecule has 0 amide bonds. The number of hydrogen-bond donors (Lipinski definition) is 2. The summed E-state index contributed by atoms with van der Waals surface area (Å²) in [5, 5.41) is 10.5. The molecule has 1 heterocycles. The maximum absolute atomic E-state index is 11.7. The Morgan fingerprint density at radius 2 is 1.95 bits per heavy atom. The van der Waals surface area contributed by atoms with Gasteiger partial charge in [0.1, 0.15) is 0 Å². The minimum atomic E-state index is -4.42. The monoisotopic (exact) mass is 280 g/mol. The molecule has 0 saturated heterocycles. The summed E-state index contributed by atoms with van der Waals surface area (Å²) in [6.45, 7) is 0. The molecule has 0 fully saturated rings. The maximum Gasteiger partial charge on any atom is 0.341 e. The van der Waals surface area contributed by atoms with Crippen LogP contribution in [0.3, 0.4) is 0 Å². The average molecular weight is 280 g/mol. The number of rotatable bonds is 1. The van der Waals surface area contributed by atoms with Crippen LogP contribution in [0, 0.1) is 0 Å². The molecule has 6 nitrogen and oxygen atoms in total. The largest absolute Gasteiger partial charge is 0.428 e. The number of aliphatic hydroxyl groups is 1. The molecule has 98 valence electrons. The maximum atomic E-state index is 11.7. The molecular weight excluding hydrogens is 272 g/mol. The quantitative estimate of drug-likeness (QED) is 0.602. The predicted molar refractivity (Wildman–Crippen MR) is 64.1 cm³/mol. The van der Waals surface area contributed by atoms with E-state index in [1.165, 1.54) is 6.07 Å². The third kappa shape index (κ3) is 1.79. The molecule has 19 heavy (non-hydrogen) atoms. The van der Waals surface area contributed by atoms with Crippen LogP contribution in [0.25, 0.3) is 10.8 Å². The summed E-state index contributed by atoms with van der Waals surface area (Å²) in [4.78, 5) is 11.3. The number of hydrogen-bond acceptors (Lipinski definition) is 5. The SMILES string of the molecule is O=C1OC(O)c2cccc3cc(S(=O)(=O)O)cc1c23. The number of carbonyl (C=O) groups excluding carboxylic acids is 1. The average Bonchev–Trinajstić information content (AvgIpc) is 2.34. The molecule has 0 aromatic heterocycles. The van der Waals surface area contributed by atoms with Crippen LogP contribution in [0.2, 0.25) is 0 Å². The molecule has 0 spiro atoms. The third-order valence-electron chi connectivity index (χ3n) is 2.99. The fourth-order valence-corrected chi connectivity index (χ4v) is 2.72. The van der Waals surface area contributed by atoms with Crippen LogP contribution in [-0.2, 0) is 14.9 Å². The van der Waals surface area contributed by atoms with Crippen molar-refractivity contribution < 1.29 is 27.6 Å². The molecule has 0 bridgehead atoms. The summed E-state index contributed by atoms with van der Waals surface area (Å²) in [6, 6.07) is 7.04. The third-order valence-corrected chi connectivity index (χ3v) is 3.82. The molecular formula is C12H8O6S. The van der Waals surface area contributed by atoms with Crippen LogP contribution < -0.4 is 0 Å². The Balaban J connectivity index is 2.47. The molecule has 1 unspecified atom stereocenters. The lowest BCUT2D eigenvalue weighted by atomic mass is 9.97. The second kappa shape index (κ2) is 3.77. The van der Waals surface area contributed by atoms with E-state index in [4.69, 9.17) is 9.29 Å². The molecule has 2 aromatic rings. The van der Waals surface area contributed by atoms with Crippen molar-refractivity contribution in [2.75, 3.05) is 0 Å². The fraction of sp³-hybridized carbons (Fsp3) is 0.0833. The van der Waals surface area contributed by atoms with E-state index in [2.05, 4.69) is 0 Å². The van der Waals surface area contributed by atoms with Crippen LogP contribution in [-0.4, -0.2) is 24.0 Å². The zero-order valence-electron chi connectivity index (χ0n) is 9.40. The zero-order chi connectivity index (χ0) is 13.8. The van der Waals surface area contributed by atoms with Gasteiger partial charge in [-0.1, -0.05) is 18.2 Å². The Bertz CT molecular complexity index is 808. The summed E-state index contributed by atoms with van der Waals surface area (Å²) in [7, 11) is -4.42. The molecule has 0 aliphatic carbocycles. The van der Waals surface area contributed by atoms with Gasteiger partial charge in [0.05, 0.1) is 10.5 Å². The van der Waals surface area contributed by atoms with Crippen LogP contribution in [0.1, 0.15) is 22.2 Å². The van der Waals surface area contributed by atoms with Crippen LogP contribution in [0.5, 0.6) is 0 Å². The van der Waals surface area contributed by atoms with Crippen LogP contribution >= 0.6 is 0 Å². The second-order valence-corrected chi connectivity index (χ2v) is 5.57. The van der Waals surface area contributed by atoms with Crippen molar-refractivity contribution in [1.29, 1.82) is 0 Å². The van der Waals surface area contributed by atoms with E-state index in [0.29, 0.717) is 16.3 Å². The highest BCUT2D eigenvalue weighted by atomic mass is 32.2. The van der Waals surface area contributed by atoms with E-state index in [1.54, 1.807) is 18.2 Å². The van der Waals surface area contributed by atoms with Gasteiger partial charge in [0.2, 0.25) is 6.29 Å². The molecule has 7 heteroatoms. The van der Waals surface area contributed by atoms with Crippen molar-refractivity contribution in [2.24, 2.45) is 0 Å². The van der Waals surface area contributed by atoms with Crippen molar-refractivity contribution >= 4 is 26.9 Å². The molecule has 1 atom stereocenters. The van der Waals surface area contributed by atoms with Crippen LogP contribution in [0.4, 0.5) is 0 Å². The van der Waals surface area contributed by atoms with Gasteiger partial charge in [-0.15, -0.1) is 0 Å². The van der Waals surface area contributed by atoms with Gasteiger partial charge in [0.15, 0.2) is 0 Å². The highest BCUT2D eigenvalue weighted by molar-refractivity contribution is 7.85. The molecule has 2 aromatic carbocycles. The molecule has 3 rings (SSSR count). The summed E-state index contributed by atoms with van der Waals surface area (Å²) in [5.74, 6) is -0.832. The number of cyclic esters (lactones) is 1. The molecule has 2 N–H and O–H groups in total. The highest BCUT2D eigenvalue weighted by Gasteiger charge is 2.28. The number of ether oxygens (including phenoxy) is 1. The fourth-order valence-electron chi connectivity index (χ4n) is 2.17. The zero-order valence-corrected chi connectivity index (χ0v) is 10.2. The van der Waals surface area contributed by atoms with Crippen molar-refractivity contribution in [3.05, 3.63) is 41.5 Å². The molecule has 0 saturated carbocycles. The lowest BCUT2D eigenvalue weighted by Crippen LogP contribution is -2.18. The highest BCUT2D eigenvalue weighted by Crippen LogP contribution is 2.35. The molecule has 1 aliphatic heterocycles. The van der Waals surface area contributed by atoms with Crippen molar-refractivity contribution in [1.82, 2.24) is 0 Å². The van der Waals surface area contributed by atoms with Gasteiger partial charge in [-0.05, 0) is 17.5 Å². The van der Waals surface area contributed by atoms with E-state index in [1.807, 2.05) is 0 Å². The lowest BCUT2D eigenvalue weighted by molar-refractivity contribution is -0.0686. The Kier molecular flexibility index (Phi) is 2.40. The van der Waals surface area contributed by atoms with Gasteiger partial charge < -0.3 is 9.84 Å². The first-order chi connectivity index (χ1) is 8.88. The van der Waals surface area contributed by atoms with E-state index >= 15 is 0 Å². The Morgan fingerprint density at radius 3 is 2.63 bits per heavy atom. The molecule has 0 radical (unpaired) electrons. The van der Waals surface area contributed by atoms with E-state index in [-0.39, 0.29) is 10.5 Å². The van der Waals surface area contributed by atoms with Gasteiger partial charge in [-0.3, -0.25) is 4.55 Å². The van der Waals surface area contributed by atoms with Gasteiger partial charge in [0.25, 0.3) is 10.1 Å². The van der Waals surface area contributed by atoms with Gasteiger partial charge in [-0.25, -0.2) is 4.79 Å². The van der Waals surface area contributed by atoms with E-state index < -0.39 is 22.4 Å². The Hall–Kier alpha value is -1.96. The van der Waals surface area contributed by atoms with Gasteiger partial charge in [-0.2, -0.15) is 8.42 Å².